The molecule has 0 bridgehead atoms. The number of nitrogens with zero attached hydrogens (tertiary/aromatic N) is 1. The first-order valence-electron chi connectivity index (χ1n) is 11.7. The van der Waals surface area contributed by atoms with Crippen LogP contribution in [0.3, 0.4) is 0 Å². The highest BCUT2D eigenvalue weighted by atomic mass is 79.9. The first kappa shape index (κ1) is 26.5. The topological polar surface area (TPSA) is 67.9 Å². The molecule has 3 aromatic rings. The first-order chi connectivity index (χ1) is 16.6. The molecule has 7 heteroatoms. The molecule has 0 radical (unpaired) electrons. The number of hydrogen-bond donors (Lipinski definition) is 1. The van der Waals surface area contributed by atoms with Gasteiger partial charge in [-0.15, -0.1) is 0 Å². The largest absolute Gasteiger partial charge is 0.497 e. The Morgan fingerprint density at radius 3 is 2.34 bits per heavy atom. The van der Waals surface area contributed by atoms with E-state index in [4.69, 9.17) is 9.47 Å². The van der Waals surface area contributed by atoms with Crippen molar-refractivity contribution in [2.24, 2.45) is 0 Å². The lowest BCUT2D eigenvalue weighted by Gasteiger charge is -2.33. The molecular formula is C28H33BrN2O4. The Morgan fingerprint density at radius 1 is 1.03 bits per heavy atom. The second-order valence-corrected chi connectivity index (χ2v) is 10.2. The van der Waals surface area contributed by atoms with Crippen LogP contribution in [0.15, 0.2) is 65.1 Å². The van der Waals surface area contributed by atoms with Gasteiger partial charge in [-0.25, -0.2) is 0 Å². The third-order valence-electron chi connectivity index (χ3n) is 5.58. The van der Waals surface area contributed by atoms with Gasteiger partial charge in [0.15, 0.2) is 6.61 Å². The molecule has 0 aliphatic rings. The molecule has 0 aliphatic carbocycles. The zero-order chi connectivity index (χ0) is 25.6. The van der Waals surface area contributed by atoms with Gasteiger partial charge in [0.1, 0.15) is 17.5 Å². The molecule has 0 spiro atoms. The van der Waals surface area contributed by atoms with E-state index in [1.165, 1.54) is 0 Å². The average Bonchev–Trinajstić information content (AvgIpc) is 2.82. The fraction of sp³-hybridized carbons (Fsp3) is 0.357. The number of halogens is 1. The lowest BCUT2D eigenvalue weighted by Crippen LogP contribution is -2.54. The molecule has 0 aromatic heterocycles. The summed E-state index contributed by atoms with van der Waals surface area (Å²) in [7, 11) is 1.61. The molecule has 0 saturated carbocycles. The second-order valence-electron chi connectivity index (χ2n) is 9.42. The van der Waals surface area contributed by atoms with E-state index in [2.05, 4.69) is 21.2 Å². The molecule has 0 saturated heterocycles. The zero-order valence-corrected chi connectivity index (χ0v) is 22.5. The maximum absolute atomic E-state index is 13.5. The van der Waals surface area contributed by atoms with Gasteiger partial charge in [0.05, 0.1) is 11.6 Å². The normalized spacial score (nSPS) is 12.2. The van der Waals surface area contributed by atoms with Gasteiger partial charge in [0, 0.05) is 12.1 Å². The Balaban J connectivity index is 1.84. The van der Waals surface area contributed by atoms with Crippen LogP contribution in [-0.4, -0.2) is 42.0 Å². The zero-order valence-electron chi connectivity index (χ0n) is 20.9. The summed E-state index contributed by atoms with van der Waals surface area (Å²) in [6, 6.07) is 18.6. The average molecular weight is 541 g/mol. The molecule has 0 fully saturated rings. The standard InChI is InChI=1S/C28H33BrN2O4/c1-6-23(27(33)30-28(2,3)4)31(17-19-11-14-21(34-5)15-12-19)25(32)18-35-24-16-13-20-9-7-8-10-22(20)26(24)29/h7-16,23H,6,17-18H2,1-5H3,(H,30,33)/t23-/m1/s1. The van der Waals surface area contributed by atoms with Crippen molar-refractivity contribution in [3.8, 4) is 11.5 Å². The summed E-state index contributed by atoms with van der Waals surface area (Å²) in [4.78, 5) is 28.2. The van der Waals surface area contributed by atoms with Crippen LogP contribution in [0, 0.1) is 0 Å². The quantitative estimate of drug-likeness (QED) is 0.377. The van der Waals surface area contributed by atoms with Crippen LogP contribution in [0.1, 0.15) is 39.7 Å². The highest BCUT2D eigenvalue weighted by Crippen LogP contribution is 2.33. The van der Waals surface area contributed by atoms with E-state index >= 15 is 0 Å². The molecular weight excluding hydrogens is 508 g/mol. The van der Waals surface area contributed by atoms with Gasteiger partial charge < -0.3 is 19.7 Å². The van der Waals surface area contributed by atoms with Crippen molar-refractivity contribution in [1.82, 2.24) is 10.2 Å². The summed E-state index contributed by atoms with van der Waals surface area (Å²) in [5.41, 5.74) is 0.485. The Hall–Kier alpha value is -3.06. The van der Waals surface area contributed by atoms with Crippen LogP contribution in [-0.2, 0) is 16.1 Å². The molecule has 0 unspecified atom stereocenters. The second kappa shape index (κ2) is 11.6. The number of ether oxygens (including phenoxy) is 2. The molecule has 35 heavy (non-hydrogen) atoms. The van der Waals surface area contributed by atoms with Crippen LogP contribution < -0.4 is 14.8 Å². The van der Waals surface area contributed by atoms with E-state index in [0.717, 1.165) is 26.6 Å². The maximum atomic E-state index is 13.5. The molecule has 2 amide bonds. The smallest absolute Gasteiger partial charge is 0.261 e. The number of fused-ring (bicyclic) bond motifs is 1. The minimum atomic E-state index is -0.632. The lowest BCUT2D eigenvalue weighted by molar-refractivity contribution is -0.143. The number of rotatable bonds is 9. The third-order valence-corrected chi connectivity index (χ3v) is 6.39. The SMILES string of the molecule is CC[C@H](C(=O)NC(C)(C)C)N(Cc1ccc(OC)cc1)C(=O)COc1ccc2ccccc2c1Br. The Morgan fingerprint density at radius 2 is 1.71 bits per heavy atom. The Bertz CT molecular complexity index is 1170. The van der Waals surface area contributed by atoms with Crippen molar-refractivity contribution in [3.05, 3.63) is 70.7 Å². The molecule has 3 aromatic carbocycles. The summed E-state index contributed by atoms with van der Waals surface area (Å²) >= 11 is 3.61. The highest BCUT2D eigenvalue weighted by molar-refractivity contribution is 9.10. The molecule has 1 atom stereocenters. The van der Waals surface area contributed by atoms with Gasteiger partial charge in [-0.05, 0) is 77.7 Å². The van der Waals surface area contributed by atoms with E-state index in [1.807, 2.05) is 88.4 Å². The van der Waals surface area contributed by atoms with Crippen LogP contribution >= 0.6 is 15.9 Å². The monoisotopic (exact) mass is 540 g/mol. The van der Waals surface area contributed by atoms with Crippen LogP contribution in [0.4, 0.5) is 0 Å². The number of benzene rings is 3. The van der Waals surface area contributed by atoms with E-state index in [9.17, 15) is 9.59 Å². The predicted molar refractivity (Wildman–Crippen MR) is 143 cm³/mol. The number of methoxy groups -OCH3 is 1. The van der Waals surface area contributed by atoms with Gasteiger partial charge in [-0.2, -0.15) is 0 Å². The third kappa shape index (κ3) is 6.98. The van der Waals surface area contributed by atoms with Crippen LogP contribution in [0.2, 0.25) is 0 Å². The fourth-order valence-corrected chi connectivity index (χ4v) is 4.46. The van der Waals surface area contributed by atoms with Gasteiger partial charge in [0.25, 0.3) is 5.91 Å². The molecule has 0 heterocycles. The summed E-state index contributed by atoms with van der Waals surface area (Å²) in [5, 5.41) is 5.09. The summed E-state index contributed by atoms with van der Waals surface area (Å²) in [5.74, 6) is 0.854. The molecule has 3 rings (SSSR count). The minimum Gasteiger partial charge on any atom is -0.497 e. The maximum Gasteiger partial charge on any atom is 0.261 e. The Kier molecular flexibility index (Phi) is 8.78. The summed E-state index contributed by atoms with van der Waals surface area (Å²) < 4.78 is 12.0. The van der Waals surface area contributed by atoms with E-state index in [1.54, 1.807) is 12.0 Å². The van der Waals surface area contributed by atoms with Crippen LogP contribution in [0.25, 0.3) is 10.8 Å². The van der Waals surface area contributed by atoms with E-state index in [0.29, 0.717) is 12.2 Å². The minimum absolute atomic E-state index is 0.186. The summed E-state index contributed by atoms with van der Waals surface area (Å²) in [6.45, 7) is 7.77. The number of nitrogens with one attached hydrogen (secondary N) is 1. The molecule has 0 aliphatic heterocycles. The van der Waals surface area contributed by atoms with Crippen molar-refractivity contribution >= 4 is 38.5 Å². The fourth-order valence-electron chi connectivity index (χ4n) is 3.85. The van der Waals surface area contributed by atoms with Gasteiger partial charge in [-0.1, -0.05) is 49.4 Å². The number of carbonyl (C=O) groups excluding carboxylic acids is 2. The Labute approximate surface area is 215 Å². The lowest BCUT2D eigenvalue weighted by atomic mass is 10.1. The summed E-state index contributed by atoms with van der Waals surface area (Å²) in [6.07, 6.45) is 0.476. The number of carbonyl (C=O) groups is 2. The van der Waals surface area contributed by atoms with Crippen LogP contribution in [0.5, 0.6) is 11.5 Å². The van der Waals surface area contributed by atoms with Crippen molar-refractivity contribution < 1.29 is 19.1 Å². The van der Waals surface area contributed by atoms with Crippen molar-refractivity contribution in [2.75, 3.05) is 13.7 Å². The van der Waals surface area contributed by atoms with E-state index < -0.39 is 11.6 Å². The van der Waals surface area contributed by atoms with Crippen molar-refractivity contribution in [1.29, 1.82) is 0 Å². The number of hydrogen-bond acceptors (Lipinski definition) is 4. The van der Waals surface area contributed by atoms with Gasteiger partial charge in [-0.3, -0.25) is 9.59 Å². The molecule has 186 valence electrons. The molecule has 6 nitrogen and oxygen atoms in total. The van der Waals surface area contributed by atoms with Crippen molar-refractivity contribution in [2.45, 2.75) is 52.2 Å². The predicted octanol–water partition coefficient (Wildman–Crippen LogP) is 5.71. The van der Waals surface area contributed by atoms with Gasteiger partial charge in [0.2, 0.25) is 5.91 Å². The number of amides is 2. The van der Waals surface area contributed by atoms with E-state index in [-0.39, 0.29) is 25.0 Å². The first-order valence-corrected chi connectivity index (χ1v) is 12.5. The van der Waals surface area contributed by atoms with Crippen molar-refractivity contribution in [3.63, 3.8) is 0 Å². The molecule has 1 N–H and O–H groups in total. The highest BCUT2D eigenvalue weighted by Gasteiger charge is 2.31. The van der Waals surface area contributed by atoms with Gasteiger partial charge >= 0.3 is 0 Å².